The van der Waals surface area contributed by atoms with Gasteiger partial charge in [-0.25, -0.2) is 4.79 Å². The zero-order valence-corrected chi connectivity index (χ0v) is 14.7. The molecule has 0 radical (unpaired) electrons. The van der Waals surface area contributed by atoms with E-state index in [1.807, 2.05) is 43.3 Å². The third-order valence-corrected chi connectivity index (χ3v) is 3.62. The minimum absolute atomic E-state index is 0.263. The maximum absolute atomic E-state index is 12.1. The second-order valence-electron chi connectivity index (χ2n) is 5.29. The van der Waals surface area contributed by atoms with Crippen LogP contribution in [0.5, 0.6) is 11.5 Å². The first-order valence-electron chi connectivity index (χ1n) is 8.10. The number of rotatable bonds is 8. The standard InChI is InChI=1S/C19H24N2O4/c1-4-25-16-10-8-15(9-11-16)21-19(22)20-13-18(24-3)14-6-5-7-17(12-14)23-2/h5-12,18H,4,13H2,1-3H3,(H2,20,21,22)/t18-/m0/s1. The van der Waals surface area contributed by atoms with Gasteiger partial charge in [-0.05, 0) is 48.9 Å². The third kappa shape index (κ3) is 5.69. The molecule has 0 unspecified atom stereocenters. The zero-order valence-electron chi connectivity index (χ0n) is 14.7. The van der Waals surface area contributed by atoms with E-state index < -0.39 is 0 Å². The second-order valence-corrected chi connectivity index (χ2v) is 5.29. The van der Waals surface area contributed by atoms with E-state index in [2.05, 4.69) is 10.6 Å². The van der Waals surface area contributed by atoms with Gasteiger partial charge in [-0.15, -0.1) is 0 Å². The number of hydrogen-bond acceptors (Lipinski definition) is 4. The number of anilines is 1. The van der Waals surface area contributed by atoms with Crippen molar-refractivity contribution in [2.24, 2.45) is 0 Å². The van der Waals surface area contributed by atoms with Gasteiger partial charge in [0.05, 0.1) is 19.8 Å². The maximum atomic E-state index is 12.1. The van der Waals surface area contributed by atoms with E-state index in [0.717, 1.165) is 17.1 Å². The van der Waals surface area contributed by atoms with E-state index in [4.69, 9.17) is 14.2 Å². The highest BCUT2D eigenvalue weighted by molar-refractivity contribution is 5.89. The molecular weight excluding hydrogens is 320 g/mol. The van der Waals surface area contributed by atoms with E-state index >= 15 is 0 Å². The van der Waals surface area contributed by atoms with Crippen molar-refractivity contribution in [1.82, 2.24) is 5.32 Å². The summed E-state index contributed by atoms with van der Waals surface area (Å²) in [6.07, 6.45) is -0.263. The first kappa shape index (κ1) is 18.6. The molecule has 134 valence electrons. The third-order valence-electron chi connectivity index (χ3n) is 3.62. The summed E-state index contributed by atoms with van der Waals surface area (Å²) in [7, 11) is 3.22. The van der Waals surface area contributed by atoms with Gasteiger partial charge in [0.1, 0.15) is 11.5 Å². The van der Waals surface area contributed by atoms with E-state index in [1.54, 1.807) is 26.4 Å². The number of hydrogen-bond donors (Lipinski definition) is 2. The molecule has 0 bridgehead atoms. The monoisotopic (exact) mass is 344 g/mol. The van der Waals surface area contributed by atoms with Crippen LogP contribution < -0.4 is 20.1 Å². The molecule has 0 fully saturated rings. The number of urea groups is 1. The van der Waals surface area contributed by atoms with E-state index in [9.17, 15) is 4.79 Å². The van der Waals surface area contributed by atoms with Crippen LogP contribution in [-0.2, 0) is 4.74 Å². The molecule has 2 aromatic rings. The molecule has 2 aromatic carbocycles. The molecule has 0 heterocycles. The number of ether oxygens (including phenoxy) is 3. The Morgan fingerprint density at radius 1 is 1.08 bits per heavy atom. The normalized spacial score (nSPS) is 11.5. The zero-order chi connectivity index (χ0) is 18.1. The summed E-state index contributed by atoms with van der Waals surface area (Å²) < 4.78 is 16.1. The highest BCUT2D eigenvalue weighted by atomic mass is 16.5. The van der Waals surface area contributed by atoms with Crippen molar-refractivity contribution in [2.45, 2.75) is 13.0 Å². The summed E-state index contributed by atoms with van der Waals surface area (Å²) in [6, 6.07) is 14.5. The SMILES string of the molecule is CCOc1ccc(NC(=O)NC[C@H](OC)c2cccc(OC)c2)cc1. The van der Waals surface area contributed by atoms with Crippen molar-refractivity contribution >= 4 is 11.7 Å². The van der Waals surface area contributed by atoms with E-state index in [0.29, 0.717) is 18.8 Å². The molecule has 0 aliphatic rings. The quantitative estimate of drug-likeness (QED) is 0.768. The van der Waals surface area contributed by atoms with Crippen LogP contribution >= 0.6 is 0 Å². The summed E-state index contributed by atoms with van der Waals surface area (Å²) in [5, 5.41) is 5.59. The molecule has 1 atom stereocenters. The van der Waals surface area contributed by atoms with Crippen LogP contribution in [0.4, 0.5) is 10.5 Å². The van der Waals surface area contributed by atoms with Gasteiger partial charge in [0.25, 0.3) is 0 Å². The van der Waals surface area contributed by atoms with Crippen LogP contribution in [0.25, 0.3) is 0 Å². The fraction of sp³-hybridized carbons (Fsp3) is 0.316. The molecule has 2 amide bonds. The summed E-state index contributed by atoms with van der Waals surface area (Å²) in [6.45, 7) is 2.87. The topological polar surface area (TPSA) is 68.8 Å². The molecule has 0 spiro atoms. The van der Waals surface area contributed by atoms with E-state index in [1.165, 1.54) is 0 Å². The highest BCUT2D eigenvalue weighted by Gasteiger charge is 2.13. The Morgan fingerprint density at radius 3 is 2.48 bits per heavy atom. The first-order valence-corrected chi connectivity index (χ1v) is 8.10. The average Bonchev–Trinajstić information content (AvgIpc) is 2.64. The molecule has 0 saturated heterocycles. The van der Waals surface area contributed by atoms with E-state index in [-0.39, 0.29) is 12.1 Å². The Kier molecular flexibility index (Phi) is 7.10. The number of amides is 2. The van der Waals surface area contributed by atoms with Crippen LogP contribution in [0.3, 0.4) is 0 Å². The Labute approximate surface area is 148 Å². The maximum Gasteiger partial charge on any atom is 0.319 e. The summed E-state index contributed by atoms with van der Waals surface area (Å²) >= 11 is 0. The van der Waals surface area contributed by atoms with Crippen molar-refractivity contribution in [3.8, 4) is 11.5 Å². The van der Waals surface area contributed by atoms with Gasteiger partial charge in [-0.2, -0.15) is 0 Å². The Hall–Kier alpha value is -2.73. The fourth-order valence-electron chi connectivity index (χ4n) is 2.34. The van der Waals surface area contributed by atoms with Gasteiger partial charge in [0.15, 0.2) is 0 Å². The molecular formula is C19H24N2O4. The van der Waals surface area contributed by atoms with Crippen molar-refractivity contribution < 1.29 is 19.0 Å². The molecule has 6 heteroatoms. The molecule has 25 heavy (non-hydrogen) atoms. The lowest BCUT2D eigenvalue weighted by Gasteiger charge is -2.17. The lowest BCUT2D eigenvalue weighted by Crippen LogP contribution is -2.32. The largest absolute Gasteiger partial charge is 0.497 e. The second kappa shape index (κ2) is 9.54. The van der Waals surface area contributed by atoms with Crippen molar-refractivity contribution in [1.29, 1.82) is 0 Å². The van der Waals surface area contributed by atoms with Gasteiger partial charge >= 0.3 is 6.03 Å². The molecule has 0 saturated carbocycles. The predicted octanol–water partition coefficient (Wildman–Crippen LogP) is 3.60. The number of benzene rings is 2. The number of nitrogens with one attached hydrogen (secondary N) is 2. The fourth-order valence-corrected chi connectivity index (χ4v) is 2.34. The number of carbonyl (C=O) groups excluding carboxylic acids is 1. The van der Waals surface area contributed by atoms with Crippen LogP contribution in [0, 0.1) is 0 Å². The molecule has 2 N–H and O–H groups in total. The Bertz CT molecular complexity index is 673. The summed E-state index contributed by atoms with van der Waals surface area (Å²) in [4.78, 5) is 12.1. The molecule has 0 aliphatic carbocycles. The average molecular weight is 344 g/mol. The van der Waals surface area contributed by atoms with Gasteiger partial charge < -0.3 is 24.8 Å². The number of methoxy groups -OCH3 is 2. The molecule has 0 aliphatic heterocycles. The summed E-state index contributed by atoms with van der Waals surface area (Å²) in [5.41, 5.74) is 1.62. The van der Waals surface area contributed by atoms with Crippen LogP contribution in [-0.4, -0.2) is 33.4 Å². The van der Waals surface area contributed by atoms with Crippen LogP contribution in [0.1, 0.15) is 18.6 Å². The lowest BCUT2D eigenvalue weighted by molar-refractivity contribution is 0.104. The minimum Gasteiger partial charge on any atom is -0.497 e. The molecule has 6 nitrogen and oxygen atoms in total. The van der Waals surface area contributed by atoms with Gasteiger partial charge in [-0.3, -0.25) is 0 Å². The van der Waals surface area contributed by atoms with Gasteiger partial charge in [0.2, 0.25) is 0 Å². The minimum atomic E-state index is -0.297. The highest BCUT2D eigenvalue weighted by Crippen LogP contribution is 2.21. The van der Waals surface area contributed by atoms with Gasteiger partial charge in [0, 0.05) is 19.3 Å². The molecule has 2 rings (SSSR count). The number of carbonyl (C=O) groups is 1. The smallest absolute Gasteiger partial charge is 0.319 e. The summed E-state index contributed by atoms with van der Waals surface area (Å²) in [5.74, 6) is 1.52. The van der Waals surface area contributed by atoms with Crippen LogP contribution in [0.15, 0.2) is 48.5 Å². The molecule has 0 aromatic heterocycles. The Morgan fingerprint density at radius 2 is 1.84 bits per heavy atom. The van der Waals surface area contributed by atoms with Gasteiger partial charge in [-0.1, -0.05) is 12.1 Å². The Balaban J connectivity index is 1.88. The van der Waals surface area contributed by atoms with Crippen molar-refractivity contribution in [3.05, 3.63) is 54.1 Å². The predicted molar refractivity (Wildman–Crippen MR) is 97.4 cm³/mol. The van der Waals surface area contributed by atoms with Crippen molar-refractivity contribution in [3.63, 3.8) is 0 Å². The lowest BCUT2D eigenvalue weighted by atomic mass is 10.1. The van der Waals surface area contributed by atoms with Crippen LogP contribution in [0.2, 0.25) is 0 Å². The first-order chi connectivity index (χ1) is 12.2. The van der Waals surface area contributed by atoms with Crippen molar-refractivity contribution in [2.75, 3.05) is 32.7 Å².